The van der Waals surface area contributed by atoms with Crippen LogP contribution >= 0.6 is 0 Å². The van der Waals surface area contributed by atoms with Gasteiger partial charge in [0.2, 0.25) is 10.0 Å². The van der Waals surface area contributed by atoms with Crippen LogP contribution in [-0.2, 0) is 21.2 Å². The minimum atomic E-state index is -3.66. The number of quaternary nitrogens is 1. The Hall–Kier alpha value is -1.44. The van der Waals surface area contributed by atoms with Gasteiger partial charge in [-0.1, -0.05) is 26.0 Å². The molecule has 0 unspecified atom stereocenters. The lowest BCUT2D eigenvalue weighted by atomic mass is 9.91. The van der Waals surface area contributed by atoms with Crippen LogP contribution in [0.15, 0.2) is 29.2 Å². The van der Waals surface area contributed by atoms with E-state index in [1.54, 1.807) is 12.1 Å². The molecular formula is C18H30N3O3S+. The van der Waals surface area contributed by atoms with Crippen molar-refractivity contribution in [1.29, 1.82) is 0 Å². The van der Waals surface area contributed by atoms with Gasteiger partial charge in [0.05, 0.1) is 18.0 Å². The Bertz CT molecular complexity index is 678. The summed E-state index contributed by atoms with van der Waals surface area (Å²) >= 11 is 0. The predicted molar refractivity (Wildman–Crippen MR) is 97.6 cm³/mol. The zero-order valence-corrected chi connectivity index (χ0v) is 16.1. The quantitative estimate of drug-likeness (QED) is 0.657. The summed E-state index contributed by atoms with van der Waals surface area (Å²) in [4.78, 5) is 13.9. The predicted octanol–water partition coefficient (Wildman–Crippen LogP) is -0.0580. The van der Waals surface area contributed by atoms with Crippen LogP contribution in [0.5, 0.6) is 0 Å². The Kier molecular flexibility index (Phi) is 6.59. The van der Waals surface area contributed by atoms with Gasteiger partial charge in [0, 0.05) is 18.4 Å². The molecule has 1 saturated heterocycles. The molecule has 2 rings (SSSR count). The van der Waals surface area contributed by atoms with Gasteiger partial charge in [-0.05, 0) is 37.5 Å². The Labute approximate surface area is 150 Å². The third-order valence-electron chi connectivity index (χ3n) is 5.00. The molecular weight excluding hydrogens is 338 g/mol. The number of carbonyl (C=O) groups excluding carboxylic acids is 1. The molecule has 0 radical (unpaired) electrons. The Morgan fingerprint density at radius 2 is 1.80 bits per heavy atom. The number of amides is 1. The van der Waals surface area contributed by atoms with E-state index in [0.717, 1.165) is 18.7 Å². The lowest BCUT2D eigenvalue weighted by Gasteiger charge is -2.35. The number of likely N-dealkylation sites (tertiary alicyclic amines) is 1. The van der Waals surface area contributed by atoms with Crippen LogP contribution in [0.1, 0.15) is 32.8 Å². The summed E-state index contributed by atoms with van der Waals surface area (Å²) < 4.78 is 22.5. The van der Waals surface area contributed by atoms with Gasteiger partial charge < -0.3 is 10.2 Å². The van der Waals surface area contributed by atoms with E-state index in [1.807, 2.05) is 6.92 Å². The maximum Gasteiger partial charge on any atom is 0.278 e. The van der Waals surface area contributed by atoms with Crippen molar-refractivity contribution in [3.8, 4) is 0 Å². The van der Waals surface area contributed by atoms with Crippen LogP contribution in [0, 0.1) is 11.8 Å². The fourth-order valence-corrected chi connectivity index (χ4v) is 4.22. The van der Waals surface area contributed by atoms with E-state index in [9.17, 15) is 13.2 Å². The molecule has 1 aliphatic rings. The average Bonchev–Trinajstić information content (AvgIpc) is 2.52. The molecule has 0 aromatic heterocycles. The van der Waals surface area contributed by atoms with E-state index < -0.39 is 10.0 Å². The molecule has 7 heteroatoms. The summed E-state index contributed by atoms with van der Waals surface area (Å²) in [5, 5.41) is 8.08. The van der Waals surface area contributed by atoms with Gasteiger partial charge in [-0.3, -0.25) is 4.79 Å². The standard InChI is InChI=1S/C18H29N3O3S/c1-13-10-14(2)12-21(11-13)15(3)18(22)20-9-8-16-4-6-17(7-5-16)25(19,23)24/h4-7,13-15H,8-12H2,1-3H3,(H,20,22)(H2,19,23,24)/p+1/t13-,14-,15-/m0/s1. The molecule has 1 aliphatic heterocycles. The summed E-state index contributed by atoms with van der Waals surface area (Å²) in [5.41, 5.74) is 0.966. The summed E-state index contributed by atoms with van der Waals surface area (Å²) in [6.07, 6.45) is 1.90. The van der Waals surface area contributed by atoms with Crippen molar-refractivity contribution in [3.05, 3.63) is 29.8 Å². The van der Waals surface area contributed by atoms with Gasteiger partial charge in [0.15, 0.2) is 6.04 Å². The molecule has 25 heavy (non-hydrogen) atoms. The third-order valence-corrected chi connectivity index (χ3v) is 5.93. The zero-order chi connectivity index (χ0) is 18.6. The highest BCUT2D eigenvalue weighted by molar-refractivity contribution is 7.89. The van der Waals surface area contributed by atoms with E-state index in [0.29, 0.717) is 24.8 Å². The first-order chi connectivity index (χ1) is 11.7. The fourth-order valence-electron chi connectivity index (χ4n) is 3.70. The molecule has 1 heterocycles. The van der Waals surface area contributed by atoms with Gasteiger partial charge in [-0.25, -0.2) is 13.6 Å². The minimum absolute atomic E-state index is 0.0463. The Morgan fingerprint density at radius 3 is 2.32 bits per heavy atom. The van der Waals surface area contributed by atoms with Crippen molar-refractivity contribution in [1.82, 2.24) is 5.32 Å². The molecule has 0 spiro atoms. The summed E-state index contributed by atoms with van der Waals surface area (Å²) in [6, 6.07) is 6.41. The number of carbonyl (C=O) groups is 1. The molecule has 6 nitrogen and oxygen atoms in total. The number of rotatable bonds is 6. The number of sulfonamides is 1. The van der Waals surface area contributed by atoms with Crippen LogP contribution in [0.3, 0.4) is 0 Å². The third kappa shape index (κ3) is 5.80. The van der Waals surface area contributed by atoms with Crippen LogP contribution < -0.4 is 15.4 Å². The minimum Gasteiger partial charge on any atom is -0.351 e. The van der Waals surface area contributed by atoms with Crippen LogP contribution in [0.25, 0.3) is 0 Å². The fraction of sp³-hybridized carbons (Fsp3) is 0.611. The van der Waals surface area contributed by atoms with E-state index in [1.165, 1.54) is 23.5 Å². The van der Waals surface area contributed by atoms with Gasteiger partial charge >= 0.3 is 0 Å². The highest BCUT2D eigenvalue weighted by Crippen LogP contribution is 2.12. The van der Waals surface area contributed by atoms with Gasteiger partial charge in [0.1, 0.15) is 0 Å². The highest BCUT2D eigenvalue weighted by Gasteiger charge is 2.32. The molecule has 1 amide bonds. The number of primary sulfonamides is 1. The number of piperidine rings is 1. The molecule has 0 saturated carbocycles. The number of nitrogens with one attached hydrogen (secondary N) is 2. The molecule has 1 aromatic carbocycles. The first-order valence-corrected chi connectivity index (χ1v) is 10.5. The highest BCUT2D eigenvalue weighted by atomic mass is 32.2. The molecule has 0 bridgehead atoms. The summed E-state index contributed by atoms with van der Waals surface area (Å²) in [5.74, 6) is 1.40. The van der Waals surface area contributed by atoms with E-state index in [-0.39, 0.29) is 16.8 Å². The van der Waals surface area contributed by atoms with Crippen molar-refractivity contribution in [2.75, 3.05) is 19.6 Å². The monoisotopic (exact) mass is 368 g/mol. The Balaban J connectivity index is 1.81. The topological polar surface area (TPSA) is 93.7 Å². The van der Waals surface area contributed by atoms with Crippen molar-refractivity contribution in [3.63, 3.8) is 0 Å². The molecule has 3 atom stereocenters. The largest absolute Gasteiger partial charge is 0.351 e. The maximum absolute atomic E-state index is 12.4. The normalized spacial score (nSPS) is 25.4. The first-order valence-electron chi connectivity index (χ1n) is 8.91. The number of hydrogen-bond donors (Lipinski definition) is 3. The second-order valence-corrected chi connectivity index (χ2v) is 9.03. The lowest BCUT2D eigenvalue weighted by molar-refractivity contribution is -0.925. The second-order valence-electron chi connectivity index (χ2n) is 7.46. The summed E-state index contributed by atoms with van der Waals surface area (Å²) in [6.45, 7) is 9.14. The van der Waals surface area contributed by atoms with Crippen molar-refractivity contribution in [2.45, 2.75) is 44.6 Å². The maximum atomic E-state index is 12.4. The molecule has 1 aromatic rings. The Morgan fingerprint density at radius 1 is 1.24 bits per heavy atom. The number of nitrogens with two attached hydrogens (primary N) is 1. The number of benzene rings is 1. The number of hydrogen-bond acceptors (Lipinski definition) is 3. The van der Waals surface area contributed by atoms with Crippen molar-refractivity contribution in [2.24, 2.45) is 17.0 Å². The zero-order valence-electron chi connectivity index (χ0n) is 15.3. The second kappa shape index (κ2) is 8.29. The SMILES string of the molecule is C[C@H]1C[C@H](C)C[NH+]([C@@H](C)C(=O)NCCc2ccc(S(N)(=O)=O)cc2)C1. The summed E-state index contributed by atoms with van der Waals surface area (Å²) in [7, 11) is -3.66. The first kappa shape index (κ1) is 19.9. The van der Waals surface area contributed by atoms with E-state index in [4.69, 9.17) is 5.14 Å². The smallest absolute Gasteiger partial charge is 0.278 e. The van der Waals surface area contributed by atoms with Gasteiger partial charge in [-0.2, -0.15) is 0 Å². The average molecular weight is 369 g/mol. The van der Waals surface area contributed by atoms with Crippen LogP contribution in [0.2, 0.25) is 0 Å². The molecule has 4 N–H and O–H groups in total. The van der Waals surface area contributed by atoms with E-state index in [2.05, 4.69) is 19.2 Å². The van der Waals surface area contributed by atoms with E-state index >= 15 is 0 Å². The van der Waals surface area contributed by atoms with Crippen LogP contribution in [-0.4, -0.2) is 40.0 Å². The van der Waals surface area contributed by atoms with Crippen LogP contribution in [0.4, 0.5) is 0 Å². The molecule has 140 valence electrons. The molecule has 1 fully saturated rings. The van der Waals surface area contributed by atoms with Crippen molar-refractivity contribution >= 4 is 15.9 Å². The lowest BCUT2D eigenvalue weighted by Crippen LogP contribution is -3.18. The molecule has 0 aliphatic carbocycles. The van der Waals surface area contributed by atoms with Crippen molar-refractivity contribution < 1.29 is 18.1 Å². The van der Waals surface area contributed by atoms with Gasteiger partial charge in [-0.15, -0.1) is 0 Å². The van der Waals surface area contributed by atoms with Gasteiger partial charge in [0.25, 0.3) is 5.91 Å².